The molecule has 1 N–H and O–H groups in total. The Morgan fingerprint density at radius 3 is 2.61 bits per heavy atom. The molecule has 2 atom stereocenters. The zero-order valence-electron chi connectivity index (χ0n) is 15.4. The van der Waals surface area contributed by atoms with Gasteiger partial charge in [0.2, 0.25) is 5.91 Å². The summed E-state index contributed by atoms with van der Waals surface area (Å²) in [5.41, 5.74) is 1.64. The summed E-state index contributed by atoms with van der Waals surface area (Å²) < 4.78 is 10.3. The number of carbonyl (C=O) groups excluding carboxylic acids is 2. The molecule has 28 heavy (non-hydrogen) atoms. The maximum absolute atomic E-state index is 12.9. The summed E-state index contributed by atoms with van der Waals surface area (Å²) in [5.74, 6) is 0.338. The monoisotopic (exact) mass is 378 g/mol. The van der Waals surface area contributed by atoms with Gasteiger partial charge in [-0.25, -0.2) is 0 Å². The molecule has 0 spiro atoms. The number of carbonyl (C=O) groups is 2. The molecule has 3 heterocycles. The molecule has 4 rings (SSSR count). The van der Waals surface area contributed by atoms with Crippen LogP contribution in [-0.4, -0.2) is 29.8 Å². The van der Waals surface area contributed by atoms with Gasteiger partial charge in [-0.2, -0.15) is 0 Å². The van der Waals surface area contributed by atoms with E-state index in [0.717, 1.165) is 5.56 Å². The number of rotatable bonds is 5. The maximum Gasteiger partial charge on any atom is 0.257 e. The van der Waals surface area contributed by atoms with Crippen LogP contribution in [0.2, 0.25) is 0 Å². The molecule has 0 radical (unpaired) electrons. The summed E-state index contributed by atoms with van der Waals surface area (Å²) >= 11 is 0. The topological polar surface area (TPSA) is 75.7 Å². The first-order valence-corrected chi connectivity index (χ1v) is 9.37. The number of hydrogen-bond donors (Lipinski definition) is 1. The molecule has 0 unspecified atom stereocenters. The Bertz CT molecular complexity index is 903. The highest BCUT2D eigenvalue weighted by Crippen LogP contribution is 2.31. The third-order valence-electron chi connectivity index (χ3n) is 5.16. The Kier molecular flexibility index (Phi) is 5.28. The smallest absolute Gasteiger partial charge is 0.257 e. The van der Waals surface area contributed by atoms with Gasteiger partial charge in [-0.1, -0.05) is 30.3 Å². The van der Waals surface area contributed by atoms with Crippen LogP contribution in [0.5, 0.6) is 0 Å². The SMILES string of the molecule is O=C(NCc1ccco1)[C@@H]1C[C@@H](c2ccccc2)CN(C(=O)c2ccoc2)C1. The predicted molar refractivity (Wildman–Crippen MR) is 102 cm³/mol. The standard InChI is InChI=1S/C22H22N2O4/c25-21(23-12-20-7-4-9-28-20)19-11-18(16-5-2-1-3-6-16)13-24(14-19)22(26)17-8-10-27-15-17/h1-10,15,18-19H,11-14H2,(H,23,25)/t18-,19-/m1/s1. The average molecular weight is 378 g/mol. The number of piperidine rings is 1. The number of benzene rings is 1. The fourth-order valence-electron chi connectivity index (χ4n) is 3.72. The van der Waals surface area contributed by atoms with Gasteiger partial charge in [0, 0.05) is 19.0 Å². The second-order valence-electron chi connectivity index (χ2n) is 7.06. The van der Waals surface area contributed by atoms with Crippen LogP contribution in [0.4, 0.5) is 0 Å². The second kappa shape index (κ2) is 8.17. The Labute approximate surface area is 163 Å². The zero-order valence-corrected chi connectivity index (χ0v) is 15.4. The van der Waals surface area contributed by atoms with Crippen LogP contribution in [0.1, 0.15) is 34.0 Å². The van der Waals surface area contributed by atoms with Gasteiger partial charge in [0.05, 0.1) is 30.6 Å². The lowest BCUT2D eigenvalue weighted by molar-refractivity contribution is -0.126. The minimum atomic E-state index is -0.287. The van der Waals surface area contributed by atoms with Crippen molar-refractivity contribution < 1.29 is 18.4 Å². The minimum Gasteiger partial charge on any atom is -0.472 e. The third-order valence-corrected chi connectivity index (χ3v) is 5.16. The van der Waals surface area contributed by atoms with Gasteiger partial charge in [0.1, 0.15) is 12.0 Å². The lowest BCUT2D eigenvalue weighted by atomic mass is 9.84. The number of nitrogens with zero attached hydrogens (tertiary/aromatic N) is 1. The van der Waals surface area contributed by atoms with Crippen LogP contribution >= 0.6 is 0 Å². The van der Waals surface area contributed by atoms with Crippen LogP contribution in [-0.2, 0) is 11.3 Å². The van der Waals surface area contributed by atoms with E-state index in [0.29, 0.717) is 37.4 Å². The summed E-state index contributed by atoms with van der Waals surface area (Å²) in [4.78, 5) is 27.4. The van der Waals surface area contributed by atoms with Crippen molar-refractivity contribution in [3.8, 4) is 0 Å². The van der Waals surface area contributed by atoms with Gasteiger partial charge < -0.3 is 19.1 Å². The number of nitrogens with one attached hydrogen (secondary N) is 1. The fourth-order valence-corrected chi connectivity index (χ4v) is 3.72. The lowest BCUT2D eigenvalue weighted by Gasteiger charge is -2.37. The van der Waals surface area contributed by atoms with Gasteiger partial charge in [-0.3, -0.25) is 9.59 Å². The van der Waals surface area contributed by atoms with Crippen molar-refractivity contribution in [1.29, 1.82) is 0 Å². The predicted octanol–water partition coefficient (Wildman–Crippen LogP) is 3.43. The van der Waals surface area contributed by atoms with E-state index < -0.39 is 0 Å². The van der Waals surface area contributed by atoms with Crippen LogP contribution in [0.15, 0.2) is 76.2 Å². The number of hydrogen-bond acceptors (Lipinski definition) is 4. The highest BCUT2D eigenvalue weighted by atomic mass is 16.3. The molecular weight excluding hydrogens is 356 g/mol. The quantitative estimate of drug-likeness (QED) is 0.738. The van der Waals surface area contributed by atoms with E-state index in [2.05, 4.69) is 5.32 Å². The Balaban J connectivity index is 1.51. The molecule has 2 amide bonds. The van der Waals surface area contributed by atoms with E-state index >= 15 is 0 Å². The molecule has 3 aromatic rings. The molecule has 1 fully saturated rings. The largest absolute Gasteiger partial charge is 0.472 e. The summed E-state index contributed by atoms with van der Waals surface area (Å²) in [6, 6.07) is 15.3. The molecule has 1 aliphatic rings. The van der Waals surface area contributed by atoms with Crippen LogP contribution in [0.3, 0.4) is 0 Å². The highest BCUT2D eigenvalue weighted by Gasteiger charge is 2.35. The van der Waals surface area contributed by atoms with Crippen molar-refractivity contribution in [2.75, 3.05) is 13.1 Å². The van der Waals surface area contributed by atoms with E-state index in [4.69, 9.17) is 8.83 Å². The molecule has 0 bridgehead atoms. The molecule has 6 nitrogen and oxygen atoms in total. The lowest BCUT2D eigenvalue weighted by Crippen LogP contribution is -2.47. The van der Waals surface area contributed by atoms with Crippen molar-refractivity contribution in [1.82, 2.24) is 10.2 Å². The molecule has 2 aromatic heterocycles. The van der Waals surface area contributed by atoms with Gasteiger partial charge >= 0.3 is 0 Å². The molecule has 1 aliphatic heterocycles. The molecule has 144 valence electrons. The molecule has 1 aromatic carbocycles. The van der Waals surface area contributed by atoms with Gasteiger partial charge in [-0.05, 0) is 30.2 Å². The van der Waals surface area contributed by atoms with Crippen molar-refractivity contribution in [2.24, 2.45) is 5.92 Å². The van der Waals surface area contributed by atoms with Gasteiger partial charge in [-0.15, -0.1) is 0 Å². The van der Waals surface area contributed by atoms with Crippen LogP contribution in [0.25, 0.3) is 0 Å². The van der Waals surface area contributed by atoms with Crippen LogP contribution < -0.4 is 5.32 Å². The van der Waals surface area contributed by atoms with Crippen molar-refractivity contribution in [3.63, 3.8) is 0 Å². The molecule has 1 saturated heterocycles. The van der Waals surface area contributed by atoms with Gasteiger partial charge in [0.15, 0.2) is 0 Å². The first kappa shape index (κ1) is 18.1. The first-order chi connectivity index (χ1) is 13.7. The fraction of sp³-hybridized carbons (Fsp3) is 0.273. The van der Waals surface area contributed by atoms with Gasteiger partial charge in [0.25, 0.3) is 5.91 Å². The molecule has 0 saturated carbocycles. The minimum absolute atomic E-state index is 0.0676. The normalized spacial score (nSPS) is 19.4. The highest BCUT2D eigenvalue weighted by molar-refractivity contribution is 5.94. The van der Waals surface area contributed by atoms with Crippen molar-refractivity contribution in [3.05, 3.63) is 84.2 Å². The average Bonchev–Trinajstić information content (AvgIpc) is 3.46. The molecule has 0 aliphatic carbocycles. The summed E-state index contributed by atoms with van der Waals surface area (Å²) in [7, 11) is 0. The van der Waals surface area contributed by atoms with E-state index in [9.17, 15) is 9.59 Å². The first-order valence-electron chi connectivity index (χ1n) is 9.37. The van der Waals surface area contributed by atoms with Crippen molar-refractivity contribution in [2.45, 2.75) is 18.9 Å². The molecule has 6 heteroatoms. The second-order valence-corrected chi connectivity index (χ2v) is 7.06. The zero-order chi connectivity index (χ0) is 19.3. The Hall–Kier alpha value is -3.28. The maximum atomic E-state index is 12.9. The van der Waals surface area contributed by atoms with E-state index in [-0.39, 0.29) is 23.7 Å². The third kappa shape index (κ3) is 4.01. The summed E-state index contributed by atoms with van der Waals surface area (Å²) in [6.45, 7) is 1.31. The summed E-state index contributed by atoms with van der Waals surface area (Å²) in [5, 5.41) is 2.93. The number of amides is 2. The number of likely N-dealkylation sites (tertiary alicyclic amines) is 1. The van der Waals surface area contributed by atoms with Crippen molar-refractivity contribution >= 4 is 11.8 Å². The summed E-state index contributed by atoms with van der Waals surface area (Å²) in [6.07, 6.45) is 5.21. The number of furan rings is 2. The van der Waals surface area contributed by atoms with Crippen LogP contribution in [0, 0.1) is 5.92 Å². The van der Waals surface area contributed by atoms with E-state index in [1.807, 2.05) is 36.4 Å². The van der Waals surface area contributed by atoms with E-state index in [1.165, 1.54) is 12.5 Å². The Morgan fingerprint density at radius 2 is 1.89 bits per heavy atom. The Morgan fingerprint density at radius 1 is 1.04 bits per heavy atom. The van der Waals surface area contributed by atoms with E-state index in [1.54, 1.807) is 23.3 Å². The molecular formula is C22H22N2O4.